The van der Waals surface area contributed by atoms with E-state index in [1.807, 2.05) is 36.5 Å². The third-order valence-electron chi connectivity index (χ3n) is 5.76. The third kappa shape index (κ3) is 3.27. The summed E-state index contributed by atoms with van der Waals surface area (Å²) in [6.07, 6.45) is 6.18. The van der Waals surface area contributed by atoms with Crippen LogP contribution in [0.4, 0.5) is 0 Å². The van der Waals surface area contributed by atoms with Crippen molar-refractivity contribution in [2.75, 3.05) is 6.54 Å². The molecule has 6 heteroatoms. The summed E-state index contributed by atoms with van der Waals surface area (Å²) in [5.74, 6) is 0.874. The maximum atomic E-state index is 6.35. The maximum Gasteiger partial charge on any atom is 0.139 e. The number of halogens is 2. The summed E-state index contributed by atoms with van der Waals surface area (Å²) in [6.45, 7) is 1.95. The molecule has 0 spiro atoms. The Labute approximate surface area is 168 Å². The van der Waals surface area contributed by atoms with E-state index in [1.165, 1.54) is 22.5 Å². The molecule has 27 heavy (non-hydrogen) atoms. The van der Waals surface area contributed by atoms with Gasteiger partial charge in [0.25, 0.3) is 0 Å². The number of benzene rings is 1. The van der Waals surface area contributed by atoms with E-state index < -0.39 is 0 Å². The largest absolute Gasteiger partial charge is 0.340 e. The first-order valence-corrected chi connectivity index (χ1v) is 10.1. The molecule has 1 atom stereocenters. The fourth-order valence-electron chi connectivity index (χ4n) is 4.31. The summed E-state index contributed by atoms with van der Waals surface area (Å²) >= 11 is 12.4. The summed E-state index contributed by atoms with van der Waals surface area (Å²) in [7, 11) is 0. The lowest BCUT2D eigenvalue weighted by Crippen LogP contribution is -2.42. The Morgan fingerprint density at radius 3 is 2.89 bits per heavy atom. The van der Waals surface area contributed by atoms with Crippen LogP contribution in [-0.4, -0.2) is 32.4 Å². The van der Waals surface area contributed by atoms with Crippen LogP contribution in [0.2, 0.25) is 10.2 Å². The summed E-state index contributed by atoms with van der Waals surface area (Å²) in [4.78, 5) is 15.1. The Kier molecular flexibility index (Phi) is 4.43. The lowest BCUT2D eigenvalue weighted by atomic mass is 9.88. The quantitative estimate of drug-likeness (QED) is 0.636. The Hall–Kier alpha value is -1.88. The van der Waals surface area contributed by atoms with Gasteiger partial charge in [0.05, 0.1) is 16.4 Å². The van der Waals surface area contributed by atoms with E-state index in [4.69, 9.17) is 28.2 Å². The molecule has 0 fully saturated rings. The van der Waals surface area contributed by atoms with E-state index in [1.54, 1.807) is 0 Å². The number of nitrogens with one attached hydrogen (secondary N) is 1. The average Bonchev–Trinajstić information content (AvgIpc) is 3.10. The van der Waals surface area contributed by atoms with Gasteiger partial charge in [-0.1, -0.05) is 35.3 Å². The van der Waals surface area contributed by atoms with Gasteiger partial charge in [-0.2, -0.15) is 0 Å². The zero-order valence-corrected chi connectivity index (χ0v) is 16.4. The number of pyridine rings is 1. The highest BCUT2D eigenvalue weighted by molar-refractivity contribution is 6.33. The molecule has 1 unspecified atom stereocenters. The van der Waals surface area contributed by atoms with Gasteiger partial charge < -0.3 is 4.98 Å². The molecule has 0 amide bonds. The van der Waals surface area contributed by atoms with E-state index in [2.05, 4.69) is 14.9 Å². The number of imidazole rings is 1. The van der Waals surface area contributed by atoms with E-state index >= 15 is 0 Å². The van der Waals surface area contributed by atoms with E-state index in [0.29, 0.717) is 11.2 Å². The van der Waals surface area contributed by atoms with Crippen LogP contribution >= 0.6 is 23.2 Å². The van der Waals surface area contributed by atoms with Gasteiger partial charge in [0.15, 0.2) is 0 Å². The summed E-state index contributed by atoms with van der Waals surface area (Å²) in [6, 6.07) is 10.4. The SMILES string of the molecule is Clc1cc2c(cn1)CCC(N1CCc3nc(-c4ccccc4Cl)[nH]c3C1)C2. The first-order chi connectivity index (χ1) is 13.2. The molecule has 5 rings (SSSR count). The molecule has 4 nitrogen and oxygen atoms in total. The first-order valence-electron chi connectivity index (χ1n) is 9.37. The van der Waals surface area contributed by atoms with Crippen molar-refractivity contribution in [2.24, 2.45) is 0 Å². The monoisotopic (exact) mass is 398 g/mol. The van der Waals surface area contributed by atoms with E-state index in [-0.39, 0.29) is 0 Å². The van der Waals surface area contributed by atoms with Crippen molar-refractivity contribution in [1.82, 2.24) is 19.9 Å². The molecule has 3 heterocycles. The van der Waals surface area contributed by atoms with Crippen LogP contribution in [0.25, 0.3) is 11.4 Å². The number of aromatic amines is 1. The number of nitrogens with zero attached hydrogens (tertiary/aromatic N) is 3. The topological polar surface area (TPSA) is 44.8 Å². The highest BCUT2D eigenvalue weighted by atomic mass is 35.5. The Balaban J connectivity index is 1.37. The average molecular weight is 399 g/mol. The standard InChI is InChI=1S/C21H20Cl2N4/c22-17-4-2-1-3-16(17)21-25-18-7-8-27(12-19(18)26-21)15-6-5-13-11-24-20(23)10-14(13)9-15/h1-4,10-11,15H,5-9,12H2,(H,25,26). The number of H-pyrrole nitrogens is 1. The number of aryl methyl sites for hydroxylation is 1. The molecule has 1 N–H and O–H groups in total. The third-order valence-corrected chi connectivity index (χ3v) is 6.30. The molecule has 138 valence electrons. The number of hydrogen-bond acceptors (Lipinski definition) is 3. The predicted molar refractivity (Wildman–Crippen MR) is 108 cm³/mol. The molecule has 2 aliphatic rings. The second kappa shape index (κ2) is 6.93. The second-order valence-corrected chi connectivity index (χ2v) is 8.18. The molecule has 1 aromatic carbocycles. The molecule has 1 aliphatic heterocycles. The molecular weight excluding hydrogens is 379 g/mol. The summed E-state index contributed by atoms with van der Waals surface area (Å²) in [5.41, 5.74) is 6.04. The molecule has 0 radical (unpaired) electrons. The van der Waals surface area contributed by atoms with Crippen molar-refractivity contribution >= 4 is 23.2 Å². The second-order valence-electron chi connectivity index (χ2n) is 7.38. The van der Waals surface area contributed by atoms with Gasteiger partial charge in [-0.25, -0.2) is 9.97 Å². The van der Waals surface area contributed by atoms with Gasteiger partial charge in [-0.15, -0.1) is 0 Å². The van der Waals surface area contributed by atoms with Crippen molar-refractivity contribution in [3.63, 3.8) is 0 Å². The van der Waals surface area contributed by atoms with Crippen LogP contribution in [0.1, 0.15) is 28.9 Å². The number of hydrogen-bond donors (Lipinski definition) is 1. The fourth-order valence-corrected chi connectivity index (χ4v) is 4.71. The lowest BCUT2D eigenvalue weighted by molar-refractivity contribution is 0.160. The zero-order chi connectivity index (χ0) is 18.4. The van der Waals surface area contributed by atoms with Crippen molar-refractivity contribution in [3.8, 4) is 11.4 Å². The van der Waals surface area contributed by atoms with E-state index in [0.717, 1.165) is 55.2 Å². The molecule has 3 aromatic rings. The number of aromatic nitrogens is 3. The molecular formula is C21H20Cl2N4. The van der Waals surface area contributed by atoms with Gasteiger partial charge in [0.1, 0.15) is 11.0 Å². The van der Waals surface area contributed by atoms with Crippen LogP contribution in [0, 0.1) is 0 Å². The predicted octanol–water partition coefficient (Wildman–Crippen LogP) is 4.69. The van der Waals surface area contributed by atoms with Crippen molar-refractivity contribution in [1.29, 1.82) is 0 Å². The minimum absolute atomic E-state index is 0.538. The molecule has 2 aromatic heterocycles. The highest BCUT2D eigenvalue weighted by Crippen LogP contribution is 2.31. The van der Waals surface area contributed by atoms with Crippen LogP contribution in [0.15, 0.2) is 36.5 Å². The molecule has 0 saturated carbocycles. The van der Waals surface area contributed by atoms with Crippen molar-refractivity contribution in [2.45, 2.75) is 38.3 Å². The van der Waals surface area contributed by atoms with E-state index in [9.17, 15) is 0 Å². The van der Waals surface area contributed by atoms with Crippen LogP contribution in [-0.2, 0) is 25.8 Å². The van der Waals surface area contributed by atoms with Crippen molar-refractivity contribution < 1.29 is 0 Å². The fraction of sp³-hybridized carbons (Fsp3) is 0.333. The minimum Gasteiger partial charge on any atom is -0.340 e. The van der Waals surface area contributed by atoms with Crippen LogP contribution in [0.3, 0.4) is 0 Å². The maximum absolute atomic E-state index is 6.35. The first kappa shape index (κ1) is 17.2. The Morgan fingerprint density at radius 1 is 1.11 bits per heavy atom. The minimum atomic E-state index is 0.538. The summed E-state index contributed by atoms with van der Waals surface area (Å²) in [5, 5.41) is 1.32. The highest BCUT2D eigenvalue weighted by Gasteiger charge is 2.29. The Morgan fingerprint density at radius 2 is 2.00 bits per heavy atom. The van der Waals surface area contributed by atoms with Gasteiger partial charge in [0, 0.05) is 37.3 Å². The van der Waals surface area contributed by atoms with Gasteiger partial charge >= 0.3 is 0 Å². The molecule has 0 saturated heterocycles. The van der Waals surface area contributed by atoms with Crippen LogP contribution in [0.5, 0.6) is 0 Å². The lowest BCUT2D eigenvalue weighted by Gasteiger charge is -2.37. The summed E-state index contributed by atoms with van der Waals surface area (Å²) < 4.78 is 0. The number of rotatable bonds is 2. The number of fused-ring (bicyclic) bond motifs is 2. The Bertz CT molecular complexity index is 998. The van der Waals surface area contributed by atoms with Gasteiger partial charge in [0.2, 0.25) is 0 Å². The smallest absolute Gasteiger partial charge is 0.139 e. The normalized spacial score (nSPS) is 19.6. The zero-order valence-electron chi connectivity index (χ0n) is 14.9. The molecule has 0 bridgehead atoms. The van der Waals surface area contributed by atoms with Crippen LogP contribution < -0.4 is 0 Å². The molecule has 1 aliphatic carbocycles. The van der Waals surface area contributed by atoms with Crippen molar-refractivity contribution in [3.05, 3.63) is 69.2 Å². The van der Waals surface area contributed by atoms with Gasteiger partial charge in [-0.3, -0.25) is 4.90 Å². The van der Waals surface area contributed by atoms with Gasteiger partial charge in [-0.05, 0) is 48.6 Å².